The van der Waals surface area contributed by atoms with Crippen molar-refractivity contribution < 1.29 is 8.42 Å². The Bertz CT molecular complexity index is 450. The molecule has 0 aliphatic carbocycles. The Morgan fingerprint density at radius 2 is 1.73 bits per heavy atom. The van der Waals surface area contributed by atoms with Gasteiger partial charge in [0.05, 0.1) is 5.69 Å². The maximum absolute atomic E-state index is 12.1. The summed E-state index contributed by atoms with van der Waals surface area (Å²) in [6.07, 6.45) is 1.87. The molecular formula is C10H14N2O2S. The van der Waals surface area contributed by atoms with Crippen LogP contribution >= 0.6 is 0 Å². The number of benzene rings is 1. The van der Waals surface area contributed by atoms with Crippen molar-refractivity contribution in [3.05, 3.63) is 24.3 Å². The highest BCUT2D eigenvalue weighted by atomic mass is 32.2. The van der Waals surface area contributed by atoms with E-state index in [0.29, 0.717) is 18.8 Å². The lowest BCUT2D eigenvalue weighted by molar-refractivity contribution is 0.478. The SMILES string of the molecule is Nc1ccccc1S(=O)(=O)N1CCCC1. The van der Waals surface area contributed by atoms with Gasteiger partial charge in [-0.2, -0.15) is 4.31 Å². The van der Waals surface area contributed by atoms with Gasteiger partial charge in [-0.15, -0.1) is 0 Å². The van der Waals surface area contributed by atoms with Crippen molar-refractivity contribution in [1.82, 2.24) is 4.31 Å². The van der Waals surface area contributed by atoms with Crippen LogP contribution in [-0.4, -0.2) is 25.8 Å². The molecule has 1 heterocycles. The molecule has 0 spiro atoms. The van der Waals surface area contributed by atoms with E-state index in [4.69, 9.17) is 5.73 Å². The number of nitrogen functional groups attached to an aromatic ring is 1. The highest BCUT2D eigenvalue weighted by Gasteiger charge is 2.28. The van der Waals surface area contributed by atoms with E-state index in [1.165, 1.54) is 4.31 Å². The van der Waals surface area contributed by atoms with Crippen LogP contribution in [0.2, 0.25) is 0 Å². The predicted molar refractivity (Wildman–Crippen MR) is 58.8 cm³/mol. The Hall–Kier alpha value is -1.07. The van der Waals surface area contributed by atoms with E-state index >= 15 is 0 Å². The maximum atomic E-state index is 12.1. The third-order valence-corrected chi connectivity index (χ3v) is 4.57. The number of hydrogen-bond donors (Lipinski definition) is 1. The molecule has 1 aliphatic rings. The Balaban J connectivity index is 2.41. The molecule has 2 rings (SSSR count). The first-order valence-electron chi connectivity index (χ1n) is 4.97. The van der Waals surface area contributed by atoms with Crippen LogP contribution in [0.4, 0.5) is 5.69 Å². The van der Waals surface area contributed by atoms with E-state index in [9.17, 15) is 8.42 Å². The second-order valence-corrected chi connectivity index (χ2v) is 5.56. The largest absolute Gasteiger partial charge is 0.398 e. The summed E-state index contributed by atoms with van der Waals surface area (Å²) in [5.41, 5.74) is 5.99. The van der Waals surface area contributed by atoms with Gasteiger partial charge in [0.2, 0.25) is 10.0 Å². The smallest absolute Gasteiger partial charge is 0.245 e. The van der Waals surface area contributed by atoms with Crippen molar-refractivity contribution in [3.8, 4) is 0 Å². The fraction of sp³-hybridized carbons (Fsp3) is 0.400. The minimum atomic E-state index is -3.36. The number of para-hydroxylation sites is 1. The number of rotatable bonds is 2. The summed E-state index contributed by atoms with van der Waals surface area (Å²) in [4.78, 5) is 0.229. The summed E-state index contributed by atoms with van der Waals surface area (Å²) in [6.45, 7) is 1.22. The molecule has 2 N–H and O–H groups in total. The fourth-order valence-corrected chi connectivity index (χ4v) is 3.42. The van der Waals surface area contributed by atoms with Crippen molar-refractivity contribution in [2.75, 3.05) is 18.8 Å². The van der Waals surface area contributed by atoms with E-state index < -0.39 is 10.0 Å². The number of sulfonamides is 1. The summed E-state index contributed by atoms with van der Waals surface area (Å²) < 4.78 is 25.7. The molecule has 1 aromatic carbocycles. The van der Waals surface area contributed by atoms with Crippen LogP contribution in [0.5, 0.6) is 0 Å². The lowest BCUT2D eigenvalue weighted by atomic mass is 10.3. The number of anilines is 1. The van der Waals surface area contributed by atoms with E-state index in [1.54, 1.807) is 24.3 Å². The third-order valence-electron chi connectivity index (χ3n) is 2.60. The first kappa shape index (κ1) is 10.4. The zero-order valence-corrected chi connectivity index (χ0v) is 9.20. The van der Waals surface area contributed by atoms with Crippen LogP contribution in [0.1, 0.15) is 12.8 Å². The van der Waals surface area contributed by atoms with E-state index in [1.807, 2.05) is 0 Å². The molecule has 1 aromatic rings. The minimum Gasteiger partial charge on any atom is -0.398 e. The summed E-state index contributed by atoms with van der Waals surface area (Å²) in [5, 5.41) is 0. The van der Waals surface area contributed by atoms with Gasteiger partial charge >= 0.3 is 0 Å². The molecule has 1 aliphatic heterocycles. The van der Waals surface area contributed by atoms with Gasteiger partial charge in [-0.3, -0.25) is 0 Å². The molecule has 0 aromatic heterocycles. The molecule has 0 saturated carbocycles. The van der Waals surface area contributed by atoms with Gasteiger partial charge in [0.1, 0.15) is 4.90 Å². The molecule has 4 nitrogen and oxygen atoms in total. The molecule has 0 unspecified atom stereocenters. The van der Waals surface area contributed by atoms with Gasteiger partial charge in [-0.05, 0) is 25.0 Å². The standard InChI is InChI=1S/C10H14N2O2S/c11-9-5-1-2-6-10(9)15(13,14)12-7-3-4-8-12/h1-2,5-6H,3-4,7-8,11H2. The first-order chi connectivity index (χ1) is 7.12. The topological polar surface area (TPSA) is 63.4 Å². The van der Waals surface area contributed by atoms with Gasteiger partial charge < -0.3 is 5.73 Å². The van der Waals surface area contributed by atoms with Crippen LogP contribution in [-0.2, 0) is 10.0 Å². The molecule has 15 heavy (non-hydrogen) atoms. The maximum Gasteiger partial charge on any atom is 0.245 e. The molecule has 0 radical (unpaired) electrons. The Labute approximate surface area is 89.7 Å². The third kappa shape index (κ3) is 1.85. The van der Waals surface area contributed by atoms with Crippen molar-refractivity contribution in [1.29, 1.82) is 0 Å². The fourth-order valence-electron chi connectivity index (χ4n) is 1.78. The number of hydrogen-bond acceptors (Lipinski definition) is 3. The van der Waals surface area contributed by atoms with Crippen LogP contribution in [0.25, 0.3) is 0 Å². The van der Waals surface area contributed by atoms with Crippen LogP contribution in [0.15, 0.2) is 29.2 Å². The van der Waals surface area contributed by atoms with Gasteiger partial charge in [0, 0.05) is 13.1 Å². The zero-order chi connectivity index (χ0) is 10.9. The van der Waals surface area contributed by atoms with Crippen LogP contribution in [0, 0.1) is 0 Å². The van der Waals surface area contributed by atoms with Gasteiger partial charge in [-0.25, -0.2) is 8.42 Å². The Kier molecular flexibility index (Phi) is 2.67. The quantitative estimate of drug-likeness (QED) is 0.767. The monoisotopic (exact) mass is 226 g/mol. The molecule has 0 bridgehead atoms. The molecule has 1 saturated heterocycles. The summed E-state index contributed by atoms with van der Waals surface area (Å²) in [5.74, 6) is 0. The van der Waals surface area contributed by atoms with Crippen molar-refractivity contribution in [2.24, 2.45) is 0 Å². The molecule has 0 amide bonds. The van der Waals surface area contributed by atoms with Crippen molar-refractivity contribution in [2.45, 2.75) is 17.7 Å². The van der Waals surface area contributed by atoms with E-state index in [0.717, 1.165) is 12.8 Å². The highest BCUT2D eigenvalue weighted by Crippen LogP contribution is 2.24. The summed E-state index contributed by atoms with van der Waals surface area (Å²) in [6, 6.07) is 6.60. The van der Waals surface area contributed by atoms with Crippen LogP contribution in [0.3, 0.4) is 0 Å². The zero-order valence-electron chi connectivity index (χ0n) is 8.39. The minimum absolute atomic E-state index is 0.229. The number of nitrogens with zero attached hydrogens (tertiary/aromatic N) is 1. The van der Waals surface area contributed by atoms with E-state index in [2.05, 4.69) is 0 Å². The molecule has 82 valence electrons. The summed E-state index contributed by atoms with van der Waals surface area (Å²) in [7, 11) is -3.36. The number of nitrogens with two attached hydrogens (primary N) is 1. The lowest BCUT2D eigenvalue weighted by Crippen LogP contribution is -2.28. The van der Waals surface area contributed by atoms with Crippen molar-refractivity contribution >= 4 is 15.7 Å². The van der Waals surface area contributed by atoms with Crippen LogP contribution < -0.4 is 5.73 Å². The normalized spacial score (nSPS) is 18.1. The lowest BCUT2D eigenvalue weighted by Gasteiger charge is -2.16. The van der Waals surface area contributed by atoms with Gasteiger partial charge in [0.15, 0.2) is 0 Å². The molecule has 0 atom stereocenters. The van der Waals surface area contributed by atoms with Crippen molar-refractivity contribution in [3.63, 3.8) is 0 Å². The second-order valence-electron chi connectivity index (χ2n) is 3.65. The molecule has 1 fully saturated rings. The Morgan fingerprint density at radius 3 is 2.33 bits per heavy atom. The molecule has 5 heteroatoms. The van der Waals surface area contributed by atoms with Gasteiger partial charge in [0.25, 0.3) is 0 Å². The average molecular weight is 226 g/mol. The molecular weight excluding hydrogens is 212 g/mol. The second kappa shape index (κ2) is 3.83. The van der Waals surface area contributed by atoms with Gasteiger partial charge in [-0.1, -0.05) is 12.1 Å². The van der Waals surface area contributed by atoms with E-state index in [-0.39, 0.29) is 4.90 Å². The predicted octanol–water partition coefficient (Wildman–Crippen LogP) is 1.05. The average Bonchev–Trinajstić information content (AvgIpc) is 2.71. The highest BCUT2D eigenvalue weighted by molar-refractivity contribution is 7.89. The summed E-state index contributed by atoms with van der Waals surface area (Å²) >= 11 is 0. The Morgan fingerprint density at radius 1 is 1.13 bits per heavy atom. The first-order valence-corrected chi connectivity index (χ1v) is 6.41.